The van der Waals surface area contributed by atoms with E-state index in [0.717, 1.165) is 17.8 Å². The number of nitriles is 1. The van der Waals surface area contributed by atoms with Crippen LogP contribution >= 0.6 is 23.4 Å². The van der Waals surface area contributed by atoms with Gasteiger partial charge < -0.3 is 15.2 Å². The normalized spacial score (nSPS) is 16.3. The maximum absolute atomic E-state index is 13.8. The highest BCUT2D eigenvalue weighted by atomic mass is 35.5. The number of aliphatic imine (C=N–C) groups is 1. The van der Waals surface area contributed by atoms with Gasteiger partial charge >= 0.3 is 6.18 Å². The summed E-state index contributed by atoms with van der Waals surface area (Å²) in [7, 11) is 0. The third-order valence-corrected chi connectivity index (χ3v) is 4.83. The molecule has 11 heteroatoms. The van der Waals surface area contributed by atoms with Crippen molar-refractivity contribution in [1.82, 2.24) is 5.32 Å². The van der Waals surface area contributed by atoms with Gasteiger partial charge in [-0.3, -0.25) is 5.32 Å². The molecule has 1 atom stereocenters. The Kier molecular flexibility index (Phi) is 6.12. The molecule has 1 unspecified atom stereocenters. The van der Waals surface area contributed by atoms with Crippen molar-refractivity contribution in [1.29, 1.82) is 5.26 Å². The molecule has 1 aliphatic rings. The minimum absolute atomic E-state index is 0.0299. The number of hydrogen-bond donors (Lipinski definition) is 3. The van der Waals surface area contributed by atoms with Gasteiger partial charge in [0.25, 0.3) is 0 Å². The summed E-state index contributed by atoms with van der Waals surface area (Å²) in [6, 6.07) is 6.56. The highest BCUT2D eigenvalue weighted by Crippen LogP contribution is 2.45. The van der Waals surface area contributed by atoms with E-state index in [2.05, 4.69) is 15.6 Å². The molecule has 1 aliphatic heterocycles. The molecule has 152 valence electrons. The molecule has 3 N–H and O–H groups in total. The van der Waals surface area contributed by atoms with Crippen LogP contribution in [-0.2, 0) is 6.18 Å². The first-order valence-corrected chi connectivity index (χ1v) is 9.73. The molecular formula is C18H14ClF3N4O2S. The SMILES string of the molecule is CSC(=Nc1cc(Cl)c(-c2ccc3c(c2)NC(O)CO3)c(C(F)(F)F)c1)NC#N. The molecule has 3 rings (SSSR count). The molecule has 0 amide bonds. The zero-order valence-corrected chi connectivity index (χ0v) is 16.4. The third kappa shape index (κ3) is 4.70. The molecule has 1 heterocycles. The fraction of sp³-hybridized carbons (Fsp3) is 0.222. The van der Waals surface area contributed by atoms with Gasteiger partial charge in [-0.2, -0.15) is 18.4 Å². The van der Waals surface area contributed by atoms with Gasteiger partial charge in [-0.15, -0.1) is 0 Å². The van der Waals surface area contributed by atoms with Crippen LogP contribution in [0.15, 0.2) is 35.3 Å². The molecule has 0 bridgehead atoms. The number of nitrogens with zero attached hydrogens (tertiary/aromatic N) is 2. The first-order valence-electron chi connectivity index (χ1n) is 8.13. The summed E-state index contributed by atoms with van der Waals surface area (Å²) in [6.45, 7) is 0.0299. The minimum atomic E-state index is -4.70. The summed E-state index contributed by atoms with van der Waals surface area (Å²) in [5, 5.41) is 23.4. The highest BCUT2D eigenvalue weighted by Gasteiger charge is 2.35. The summed E-state index contributed by atoms with van der Waals surface area (Å²) < 4.78 is 46.7. The lowest BCUT2D eigenvalue weighted by Crippen LogP contribution is -2.30. The molecule has 2 aromatic rings. The second kappa shape index (κ2) is 8.41. The Morgan fingerprint density at radius 1 is 1.41 bits per heavy atom. The van der Waals surface area contributed by atoms with Crippen molar-refractivity contribution in [3.8, 4) is 23.1 Å². The lowest BCUT2D eigenvalue weighted by atomic mass is 9.97. The zero-order valence-electron chi connectivity index (χ0n) is 14.8. The van der Waals surface area contributed by atoms with Crippen LogP contribution in [0.3, 0.4) is 0 Å². The lowest BCUT2D eigenvalue weighted by molar-refractivity contribution is -0.137. The van der Waals surface area contributed by atoms with Gasteiger partial charge in [-0.05, 0) is 36.1 Å². The molecule has 0 aromatic heterocycles. The molecule has 0 fully saturated rings. The average Bonchev–Trinajstić information content (AvgIpc) is 2.66. The molecule has 29 heavy (non-hydrogen) atoms. The first kappa shape index (κ1) is 21.1. The Labute approximate surface area is 173 Å². The number of benzene rings is 2. The average molecular weight is 443 g/mol. The van der Waals surface area contributed by atoms with Crippen molar-refractivity contribution in [2.45, 2.75) is 12.4 Å². The summed E-state index contributed by atoms with van der Waals surface area (Å²) in [5.74, 6) is 0.414. The minimum Gasteiger partial charge on any atom is -0.487 e. The monoisotopic (exact) mass is 442 g/mol. The Morgan fingerprint density at radius 2 is 2.17 bits per heavy atom. The number of nitrogens with one attached hydrogen (secondary N) is 2. The molecule has 6 nitrogen and oxygen atoms in total. The van der Waals surface area contributed by atoms with Gasteiger partial charge in [0, 0.05) is 5.56 Å². The van der Waals surface area contributed by atoms with Crippen molar-refractivity contribution < 1.29 is 23.0 Å². The lowest BCUT2D eigenvalue weighted by Gasteiger charge is -2.25. The molecule has 0 radical (unpaired) electrons. The number of aliphatic hydroxyl groups is 1. The van der Waals surface area contributed by atoms with Crippen LogP contribution in [0.4, 0.5) is 24.5 Å². The predicted octanol–water partition coefficient (Wildman–Crippen LogP) is 4.57. The Morgan fingerprint density at radius 3 is 2.83 bits per heavy atom. The third-order valence-electron chi connectivity index (χ3n) is 3.95. The fourth-order valence-corrected chi connectivity index (χ4v) is 3.44. The number of ether oxygens (including phenoxy) is 1. The standard InChI is InChI=1S/C18H14ClF3N4O2S/c1-29-17(24-8-23)25-10-5-11(18(20,21)22)16(12(19)6-10)9-2-3-14-13(4-9)26-15(27)7-28-14/h2-6,15,26-27H,7H2,1H3,(H,24,25). The number of anilines is 1. The molecule has 0 saturated carbocycles. The van der Waals surface area contributed by atoms with Crippen molar-refractivity contribution in [3.05, 3.63) is 40.9 Å². The zero-order chi connectivity index (χ0) is 21.2. The van der Waals surface area contributed by atoms with Gasteiger partial charge in [0.1, 0.15) is 12.4 Å². The van der Waals surface area contributed by atoms with Gasteiger partial charge in [0.05, 0.1) is 22.0 Å². The molecule has 0 saturated heterocycles. The van der Waals surface area contributed by atoms with Gasteiger partial charge in [-0.25, -0.2) is 4.99 Å². The second-order valence-corrected chi connectivity index (χ2v) is 7.09. The first-order chi connectivity index (χ1) is 13.7. The maximum atomic E-state index is 13.8. The van der Waals surface area contributed by atoms with E-state index in [1.807, 2.05) is 0 Å². The number of rotatable bonds is 2. The quantitative estimate of drug-likeness (QED) is 0.273. The smallest absolute Gasteiger partial charge is 0.417 e. The number of thioether (sulfide) groups is 1. The van der Waals surface area contributed by atoms with Crippen LogP contribution in [0.2, 0.25) is 5.02 Å². The Bertz CT molecular complexity index is 1010. The van der Waals surface area contributed by atoms with Crippen molar-refractivity contribution >= 4 is 39.9 Å². The van der Waals surface area contributed by atoms with E-state index in [-0.39, 0.29) is 33.6 Å². The van der Waals surface area contributed by atoms with Gasteiger partial charge in [-0.1, -0.05) is 29.4 Å². The summed E-state index contributed by atoms with van der Waals surface area (Å²) in [4.78, 5) is 4.01. The summed E-state index contributed by atoms with van der Waals surface area (Å²) in [5.41, 5.74) is -0.689. The highest BCUT2D eigenvalue weighted by molar-refractivity contribution is 8.13. The van der Waals surface area contributed by atoms with Gasteiger partial charge in [0.15, 0.2) is 17.6 Å². The molecule has 0 spiro atoms. The van der Waals surface area contributed by atoms with Crippen LogP contribution in [0.5, 0.6) is 5.75 Å². The van der Waals surface area contributed by atoms with E-state index in [4.69, 9.17) is 21.6 Å². The Balaban J connectivity index is 2.15. The van der Waals surface area contributed by atoms with E-state index in [1.54, 1.807) is 12.4 Å². The summed E-state index contributed by atoms with van der Waals surface area (Å²) >= 11 is 7.30. The van der Waals surface area contributed by atoms with Gasteiger partial charge in [0.2, 0.25) is 0 Å². The largest absolute Gasteiger partial charge is 0.487 e. The van der Waals surface area contributed by atoms with E-state index in [1.165, 1.54) is 24.3 Å². The van der Waals surface area contributed by atoms with Crippen LogP contribution in [0.25, 0.3) is 11.1 Å². The number of aliphatic hydroxyl groups excluding tert-OH is 1. The van der Waals surface area contributed by atoms with E-state index < -0.39 is 18.0 Å². The number of alkyl halides is 3. The van der Waals surface area contributed by atoms with Crippen molar-refractivity contribution in [2.24, 2.45) is 4.99 Å². The van der Waals surface area contributed by atoms with E-state index >= 15 is 0 Å². The van der Waals surface area contributed by atoms with E-state index in [9.17, 15) is 18.3 Å². The predicted molar refractivity (Wildman–Crippen MR) is 106 cm³/mol. The van der Waals surface area contributed by atoms with Crippen LogP contribution in [0.1, 0.15) is 5.56 Å². The van der Waals surface area contributed by atoms with E-state index in [0.29, 0.717) is 11.4 Å². The van der Waals surface area contributed by atoms with Crippen molar-refractivity contribution in [2.75, 3.05) is 18.2 Å². The second-order valence-electron chi connectivity index (χ2n) is 5.89. The molecule has 2 aromatic carbocycles. The molecule has 0 aliphatic carbocycles. The van der Waals surface area contributed by atoms with Crippen LogP contribution in [0, 0.1) is 11.5 Å². The topological polar surface area (TPSA) is 89.7 Å². The van der Waals surface area contributed by atoms with Crippen LogP contribution in [-0.4, -0.2) is 29.4 Å². The Hall–Kier alpha value is -2.61. The number of amidine groups is 1. The number of fused-ring (bicyclic) bond motifs is 1. The maximum Gasteiger partial charge on any atom is 0.417 e. The number of hydrogen-bond acceptors (Lipinski definition) is 6. The molecular weight excluding hydrogens is 429 g/mol. The fourth-order valence-electron chi connectivity index (χ4n) is 2.78. The number of halogens is 4. The summed E-state index contributed by atoms with van der Waals surface area (Å²) in [6.07, 6.45) is -2.37. The van der Waals surface area contributed by atoms with Crippen molar-refractivity contribution in [3.63, 3.8) is 0 Å². The van der Waals surface area contributed by atoms with Crippen LogP contribution < -0.4 is 15.4 Å².